The summed E-state index contributed by atoms with van der Waals surface area (Å²) in [6, 6.07) is 4.28. The number of hydrogen-bond donors (Lipinski definition) is 2. The quantitative estimate of drug-likeness (QED) is 0.398. The second kappa shape index (κ2) is 8.98. The predicted molar refractivity (Wildman–Crippen MR) is 113 cm³/mol. The molecule has 0 amide bonds. The highest BCUT2D eigenvalue weighted by atomic mass is 127. The minimum Gasteiger partial charge on any atom is -0.356 e. The summed E-state index contributed by atoms with van der Waals surface area (Å²) in [6.07, 6.45) is 0. The number of guanidine groups is 1. The SMILES string of the molecule is CN=C(NCc1nc(C)c(C)s1)NCC(C)(C)c1cccs1.I. The molecule has 2 aromatic rings. The lowest BCUT2D eigenvalue weighted by Crippen LogP contribution is -2.42. The standard InChI is InChI=1S/C16H24N4S2.HI/c1-11-12(2)22-14(20-11)9-18-15(17-5)19-10-16(3,4)13-7-6-8-21-13;/h6-8H,9-10H2,1-5H3,(H2,17,18,19);1H. The van der Waals surface area contributed by atoms with E-state index in [9.17, 15) is 0 Å². The zero-order valence-electron chi connectivity index (χ0n) is 14.3. The van der Waals surface area contributed by atoms with Gasteiger partial charge in [-0.05, 0) is 25.3 Å². The number of thiophene rings is 1. The maximum atomic E-state index is 4.54. The summed E-state index contributed by atoms with van der Waals surface area (Å²) in [4.78, 5) is 11.5. The van der Waals surface area contributed by atoms with Crippen LogP contribution in [0.15, 0.2) is 22.5 Å². The largest absolute Gasteiger partial charge is 0.356 e. The van der Waals surface area contributed by atoms with Gasteiger partial charge < -0.3 is 10.6 Å². The van der Waals surface area contributed by atoms with E-state index in [0.717, 1.165) is 23.2 Å². The lowest BCUT2D eigenvalue weighted by atomic mass is 9.91. The van der Waals surface area contributed by atoms with Crippen molar-refractivity contribution in [2.75, 3.05) is 13.6 Å². The van der Waals surface area contributed by atoms with E-state index in [4.69, 9.17) is 0 Å². The molecule has 2 N–H and O–H groups in total. The molecule has 0 radical (unpaired) electrons. The van der Waals surface area contributed by atoms with Crippen LogP contribution in [0, 0.1) is 13.8 Å². The molecule has 2 heterocycles. The first-order chi connectivity index (χ1) is 10.4. The van der Waals surface area contributed by atoms with E-state index in [2.05, 4.69) is 58.9 Å². The third kappa shape index (κ3) is 5.72. The molecule has 0 spiro atoms. The van der Waals surface area contributed by atoms with Crippen molar-refractivity contribution in [3.63, 3.8) is 0 Å². The van der Waals surface area contributed by atoms with Gasteiger partial charge in [0.25, 0.3) is 0 Å². The molecule has 0 bridgehead atoms. The van der Waals surface area contributed by atoms with Crippen LogP contribution in [0.3, 0.4) is 0 Å². The van der Waals surface area contributed by atoms with Crippen LogP contribution in [-0.4, -0.2) is 24.5 Å². The number of aryl methyl sites for hydroxylation is 2. The Morgan fingerprint density at radius 1 is 1.30 bits per heavy atom. The first-order valence-corrected chi connectivity index (χ1v) is 9.03. The van der Waals surface area contributed by atoms with E-state index in [1.165, 1.54) is 9.75 Å². The van der Waals surface area contributed by atoms with Crippen LogP contribution >= 0.6 is 46.7 Å². The number of rotatable bonds is 5. The number of aliphatic imine (C=N–C) groups is 1. The van der Waals surface area contributed by atoms with Crippen molar-refractivity contribution in [1.82, 2.24) is 15.6 Å². The minimum absolute atomic E-state index is 0. The highest BCUT2D eigenvalue weighted by Gasteiger charge is 2.21. The highest BCUT2D eigenvalue weighted by molar-refractivity contribution is 14.0. The Hall–Kier alpha value is -0.670. The van der Waals surface area contributed by atoms with Crippen molar-refractivity contribution in [3.05, 3.63) is 38.0 Å². The van der Waals surface area contributed by atoms with Crippen molar-refractivity contribution in [2.45, 2.75) is 39.7 Å². The zero-order chi connectivity index (χ0) is 16.2. The third-order valence-electron chi connectivity index (χ3n) is 3.59. The lowest BCUT2D eigenvalue weighted by molar-refractivity contribution is 0.518. The molecule has 0 fully saturated rings. The number of nitrogens with zero attached hydrogens (tertiary/aromatic N) is 2. The molecule has 0 unspecified atom stereocenters. The van der Waals surface area contributed by atoms with Crippen molar-refractivity contribution in [3.8, 4) is 0 Å². The van der Waals surface area contributed by atoms with Gasteiger partial charge in [0.2, 0.25) is 0 Å². The first-order valence-electron chi connectivity index (χ1n) is 7.34. The number of halogens is 1. The van der Waals surface area contributed by atoms with Gasteiger partial charge in [0, 0.05) is 28.8 Å². The second-order valence-corrected chi connectivity index (χ2v) is 8.13. The topological polar surface area (TPSA) is 49.3 Å². The number of hydrogen-bond acceptors (Lipinski definition) is 4. The lowest BCUT2D eigenvalue weighted by Gasteiger charge is -2.24. The Labute approximate surface area is 163 Å². The normalized spacial score (nSPS) is 12.0. The summed E-state index contributed by atoms with van der Waals surface area (Å²) < 4.78 is 0. The van der Waals surface area contributed by atoms with E-state index in [1.54, 1.807) is 29.7 Å². The van der Waals surface area contributed by atoms with Gasteiger partial charge >= 0.3 is 0 Å². The maximum Gasteiger partial charge on any atom is 0.191 e. The van der Waals surface area contributed by atoms with Gasteiger partial charge in [-0.15, -0.1) is 46.7 Å². The van der Waals surface area contributed by atoms with Gasteiger partial charge in [0.1, 0.15) is 5.01 Å². The van der Waals surface area contributed by atoms with Gasteiger partial charge in [-0.1, -0.05) is 19.9 Å². The average Bonchev–Trinajstić information content (AvgIpc) is 3.10. The van der Waals surface area contributed by atoms with Crippen LogP contribution < -0.4 is 10.6 Å². The van der Waals surface area contributed by atoms with E-state index in [0.29, 0.717) is 6.54 Å². The summed E-state index contributed by atoms with van der Waals surface area (Å²) >= 11 is 3.53. The predicted octanol–water partition coefficient (Wildman–Crippen LogP) is 4.08. The van der Waals surface area contributed by atoms with Crippen LogP contribution in [0.2, 0.25) is 0 Å². The number of thiazole rings is 1. The molecule has 4 nitrogen and oxygen atoms in total. The van der Waals surface area contributed by atoms with Crippen LogP contribution in [0.5, 0.6) is 0 Å². The highest BCUT2D eigenvalue weighted by Crippen LogP contribution is 2.26. The minimum atomic E-state index is 0. The van der Waals surface area contributed by atoms with Crippen molar-refractivity contribution < 1.29 is 0 Å². The molecule has 0 aliphatic rings. The van der Waals surface area contributed by atoms with Crippen molar-refractivity contribution >= 4 is 52.6 Å². The van der Waals surface area contributed by atoms with Crippen LogP contribution in [0.4, 0.5) is 0 Å². The molecule has 23 heavy (non-hydrogen) atoms. The summed E-state index contributed by atoms with van der Waals surface area (Å²) in [5, 5.41) is 9.96. The Morgan fingerprint density at radius 2 is 2.04 bits per heavy atom. The Kier molecular flexibility index (Phi) is 7.96. The molecule has 0 aliphatic heterocycles. The maximum absolute atomic E-state index is 4.54. The molecule has 0 saturated heterocycles. The molecule has 128 valence electrons. The first kappa shape index (κ1) is 20.4. The van der Waals surface area contributed by atoms with Crippen molar-refractivity contribution in [1.29, 1.82) is 0 Å². The van der Waals surface area contributed by atoms with Crippen LogP contribution in [-0.2, 0) is 12.0 Å². The van der Waals surface area contributed by atoms with Crippen LogP contribution in [0.1, 0.15) is 34.3 Å². The third-order valence-corrected chi connectivity index (χ3v) is 5.90. The molecule has 2 aromatic heterocycles. The molecule has 0 aliphatic carbocycles. The van der Waals surface area contributed by atoms with Gasteiger partial charge in [-0.2, -0.15) is 0 Å². The summed E-state index contributed by atoms with van der Waals surface area (Å²) in [5.74, 6) is 0.815. The van der Waals surface area contributed by atoms with Gasteiger partial charge in [0.15, 0.2) is 5.96 Å². The average molecular weight is 464 g/mol. The molecular weight excluding hydrogens is 439 g/mol. The van der Waals surface area contributed by atoms with E-state index in [1.807, 2.05) is 6.92 Å². The summed E-state index contributed by atoms with van der Waals surface area (Å²) in [6.45, 7) is 10.2. The summed E-state index contributed by atoms with van der Waals surface area (Å²) in [7, 11) is 1.80. The van der Waals surface area contributed by atoms with Crippen molar-refractivity contribution in [2.24, 2.45) is 4.99 Å². The van der Waals surface area contributed by atoms with E-state index in [-0.39, 0.29) is 29.4 Å². The van der Waals surface area contributed by atoms with E-state index >= 15 is 0 Å². The summed E-state index contributed by atoms with van der Waals surface area (Å²) in [5.41, 5.74) is 1.20. The monoisotopic (exact) mass is 464 g/mol. The zero-order valence-corrected chi connectivity index (χ0v) is 18.2. The molecular formula is C16H25IN4S2. The molecule has 0 saturated carbocycles. The van der Waals surface area contributed by atoms with E-state index < -0.39 is 0 Å². The molecule has 0 atom stereocenters. The fourth-order valence-corrected chi connectivity index (χ4v) is 3.78. The second-order valence-electron chi connectivity index (χ2n) is 5.89. The number of aromatic nitrogens is 1. The molecule has 2 rings (SSSR count). The van der Waals surface area contributed by atoms with Gasteiger partial charge in [-0.25, -0.2) is 4.98 Å². The van der Waals surface area contributed by atoms with Gasteiger partial charge in [0.05, 0.1) is 12.2 Å². The fraction of sp³-hybridized carbons (Fsp3) is 0.500. The Balaban J connectivity index is 0.00000264. The smallest absolute Gasteiger partial charge is 0.191 e. The molecule has 0 aromatic carbocycles. The Bertz CT molecular complexity index is 613. The molecule has 7 heteroatoms. The van der Waals surface area contributed by atoms with Crippen LogP contribution in [0.25, 0.3) is 0 Å². The van der Waals surface area contributed by atoms with Gasteiger partial charge in [-0.3, -0.25) is 4.99 Å². The number of nitrogens with one attached hydrogen (secondary N) is 2. The Morgan fingerprint density at radius 3 is 2.57 bits per heavy atom. The fourth-order valence-electron chi connectivity index (χ4n) is 2.05.